The molecular formula is C33H44N8O. The maximum absolute atomic E-state index is 12.9. The molecule has 0 bridgehead atoms. The molecule has 3 heterocycles. The van der Waals surface area contributed by atoms with Gasteiger partial charge < -0.3 is 25.0 Å². The third-order valence-electron chi connectivity index (χ3n) is 8.14. The van der Waals surface area contributed by atoms with Crippen LogP contribution in [-0.4, -0.2) is 63.2 Å². The molecule has 1 unspecified atom stereocenters. The highest BCUT2D eigenvalue weighted by Crippen LogP contribution is 2.25. The molecule has 0 spiro atoms. The number of amides is 2. The van der Waals surface area contributed by atoms with Crippen LogP contribution in [-0.2, 0) is 6.54 Å². The van der Waals surface area contributed by atoms with E-state index in [1.54, 1.807) is 0 Å². The van der Waals surface area contributed by atoms with Crippen molar-refractivity contribution < 1.29 is 4.79 Å². The zero-order valence-electron chi connectivity index (χ0n) is 25.4. The molecule has 42 heavy (non-hydrogen) atoms. The average molecular weight is 569 g/mol. The first kappa shape index (κ1) is 29.4. The first-order chi connectivity index (χ1) is 20.4. The molecule has 4 aromatic rings. The minimum atomic E-state index is -0.0776. The SMILES string of the molecule is CCCCC(CC)CNc1nc(N2CCN(C(=O)Nc3ccc(C)cc3)CC2)nc2c1ncn2Cc1cccc(C)c1. The first-order valence-electron chi connectivity index (χ1n) is 15.3. The van der Waals surface area contributed by atoms with Gasteiger partial charge in [0, 0.05) is 38.4 Å². The number of aromatic nitrogens is 4. The molecule has 1 aliphatic rings. The Balaban J connectivity index is 1.35. The summed E-state index contributed by atoms with van der Waals surface area (Å²) in [5.74, 6) is 2.05. The summed E-state index contributed by atoms with van der Waals surface area (Å²) >= 11 is 0. The van der Waals surface area contributed by atoms with Crippen LogP contribution in [0.25, 0.3) is 11.2 Å². The number of nitrogens with one attached hydrogen (secondary N) is 2. The van der Waals surface area contributed by atoms with E-state index in [1.165, 1.54) is 36.0 Å². The number of carbonyl (C=O) groups is 1. The number of imidazole rings is 1. The van der Waals surface area contributed by atoms with Crippen molar-refractivity contribution >= 4 is 34.6 Å². The predicted octanol–water partition coefficient (Wildman–Crippen LogP) is 6.47. The molecule has 0 aliphatic carbocycles. The van der Waals surface area contributed by atoms with Crippen LogP contribution < -0.4 is 15.5 Å². The minimum Gasteiger partial charge on any atom is -0.368 e. The molecule has 5 rings (SSSR count). The predicted molar refractivity (Wildman–Crippen MR) is 171 cm³/mol. The number of fused-ring (bicyclic) bond motifs is 1. The molecule has 2 amide bonds. The molecule has 1 aliphatic heterocycles. The van der Waals surface area contributed by atoms with Gasteiger partial charge in [-0.05, 0) is 43.9 Å². The number of urea groups is 1. The van der Waals surface area contributed by atoms with Crippen LogP contribution in [0, 0.1) is 19.8 Å². The van der Waals surface area contributed by atoms with Crippen molar-refractivity contribution in [2.75, 3.05) is 48.3 Å². The monoisotopic (exact) mass is 568 g/mol. The number of nitrogens with zero attached hydrogens (tertiary/aromatic N) is 6. The second kappa shape index (κ2) is 13.7. The van der Waals surface area contributed by atoms with Crippen molar-refractivity contribution in [3.8, 4) is 0 Å². The maximum atomic E-state index is 12.9. The molecule has 0 saturated carbocycles. The lowest BCUT2D eigenvalue weighted by molar-refractivity contribution is 0.208. The van der Waals surface area contributed by atoms with E-state index in [1.807, 2.05) is 42.4 Å². The lowest BCUT2D eigenvalue weighted by atomic mass is 9.99. The molecule has 2 aromatic heterocycles. The fraction of sp³-hybridized carbons (Fsp3) is 0.455. The third kappa shape index (κ3) is 7.19. The Kier molecular flexibility index (Phi) is 9.56. The molecule has 1 atom stereocenters. The quantitative estimate of drug-likeness (QED) is 0.215. The number of carbonyl (C=O) groups excluding carboxylic acids is 1. The van der Waals surface area contributed by atoms with Gasteiger partial charge in [0.2, 0.25) is 5.95 Å². The van der Waals surface area contributed by atoms with Crippen LogP contribution in [0.5, 0.6) is 0 Å². The van der Waals surface area contributed by atoms with E-state index >= 15 is 0 Å². The van der Waals surface area contributed by atoms with E-state index in [-0.39, 0.29) is 6.03 Å². The second-order valence-electron chi connectivity index (χ2n) is 11.5. The van der Waals surface area contributed by atoms with Crippen LogP contribution in [0.1, 0.15) is 56.2 Å². The van der Waals surface area contributed by atoms with Crippen LogP contribution in [0.4, 0.5) is 22.2 Å². The first-order valence-corrected chi connectivity index (χ1v) is 15.3. The van der Waals surface area contributed by atoms with Gasteiger partial charge in [-0.25, -0.2) is 9.78 Å². The van der Waals surface area contributed by atoms with Gasteiger partial charge in [-0.15, -0.1) is 0 Å². The minimum absolute atomic E-state index is 0.0776. The average Bonchev–Trinajstić information content (AvgIpc) is 3.41. The number of unbranched alkanes of at least 4 members (excludes halogenated alkanes) is 1. The maximum Gasteiger partial charge on any atom is 0.321 e. The highest BCUT2D eigenvalue weighted by molar-refractivity contribution is 5.89. The number of benzene rings is 2. The van der Waals surface area contributed by atoms with Crippen LogP contribution in [0.2, 0.25) is 0 Å². The van der Waals surface area contributed by atoms with Crippen molar-refractivity contribution in [3.63, 3.8) is 0 Å². The largest absolute Gasteiger partial charge is 0.368 e. The highest BCUT2D eigenvalue weighted by atomic mass is 16.2. The summed E-state index contributed by atoms with van der Waals surface area (Å²) in [5.41, 5.74) is 6.04. The van der Waals surface area contributed by atoms with Gasteiger partial charge in [0.15, 0.2) is 17.0 Å². The van der Waals surface area contributed by atoms with Crippen molar-refractivity contribution in [3.05, 3.63) is 71.5 Å². The Morgan fingerprint density at radius 3 is 2.48 bits per heavy atom. The van der Waals surface area contributed by atoms with Gasteiger partial charge in [0.05, 0.1) is 12.9 Å². The molecule has 2 aromatic carbocycles. The summed E-state index contributed by atoms with van der Waals surface area (Å²) in [6.07, 6.45) is 6.64. The van der Waals surface area contributed by atoms with E-state index in [0.29, 0.717) is 44.6 Å². The Morgan fingerprint density at radius 1 is 0.976 bits per heavy atom. The van der Waals surface area contributed by atoms with E-state index in [2.05, 4.69) is 65.1 Å². The molecule has 9 heteroatoms. The summed E-state index contributed by atoms with van der Waals surface area (Å²) < 4.78 is 2.11. The smallest absolute Gasteiger partial charge is 0.321 e. The van der Waals surface area contributed by atoms with E-state index < -0.39 is 0 Å². The topological polar surface area (TPSA) is 91.2 Å². The fourth-order valence-electron chi connectivity index (χ4n) is 5.45. The Hall–Kier alpha value is -4.14. The lowest BCUT2D eigenvalue weighted by Crippen LogP contribution is -2.50. The standard InChI is InChI=1S/C33H44N8O/c1-5-7-10-26(6-2)21-34-30-29-31(41(23-35-29)22-27-11-8-9-25(4)20-27)38-32(37-30)39-16-18-40(19-17-39)33(42)36-28-14-12-24(3)13-15-28/h8-9,11-15,20,23,26H,5-7,10,16-19,21-22H2,1-4H3,(H,36,42)(H,34,37,38). The van der Waals surface area contributed by atoms with Crippen LogP contribution in [0.3, 0.4) is 0 Å². The van der Waals surface area contributed by atoms with Crippen LogP contribution >= 0.6 is 0 Å². The third-order valence-corrected chi connectivity index (χ3v) is 8.14. The molecule has 1 fully saturated rings. The van der Waals surface area contributed by atoms with E-state index in [9.17, 15) is 4.79 Å². The van der Waals surface area contributed by atoms with Gasteiger partial charge in [-0.3, -0.25) is 0 Å². The van der Waals surface area contributed by atoms with E-state index in [4.69, 9.17) is 15.0 Å². The number of hydrogen-bond donors (Lipinski definition) is 2. The van der Waals surface area contributed by atoms with Gasteiger partial charge in [-0.1, -0.05) is 80.6 Å². The van der Waals surface area contributed by atoms with Crippen molar-refractivity contribution in [2.45, 2.75) is 59.9 Å². The number of anilines is 3. The normalized spacial score (nSPS) is 14.3. The number of aryl methyl sites for hydroxylation is 2. The second-order valence-corrected chi connectivity index (χ2v) is 11.5. The zero-order chi connectivity index (χ0) is 29.5. The number of rotatable bonds is 11. The zero-order valence-corrected chi connectivity index (χ0v) is 25.4. The lowest BCUT2D eigenvalue weighted by Gasteiger charge is -2.34. The Labute approximate surface area is 249 Å². The van der Waals surface area contributed by atoms with Gasteiger partial charge in [-0.2, -0.15) is 9.97 Å². The molecular weight excluding hydrogens is 524 g/mol. The molecule has 222 valence electrons. The van der Waals surface area contributed by atoms with Crippen molar-refractivity contribution in [1.29, 1.82) is 0 Å². The van der Waals surface area contributed by atoms with Crippen molar-refractivity contribution in [1.82, 2.24) is 24.4 Å². The summed E-state index contributed by atoms with van der Waals surface area (Å²) in [6, 6.07) is 16.3. The molecule has 0 radical (unpaired) electrons. The summed E-state index contributed by atoms with van der Waals surface area (Å²) in [6.45, 7) is 12.7. The van der Waals surface area contributed by atoms with Gasteiger partial charge >= 0.3 is 6.03 Å². The number of hydrogen-bond acceptors (Lipinski definition) is 6. The summed E-state index contributed by atoms with van der Waals surface area (Å²) in [4.78, 5) is 31.8. The van der Waals surface area contributed by atoms with E-state index in [0.717, 1.165) is 35.6 Å². The van der Waals surface area contributed by atoms with Crippen molar-refractivity contribution in [2.24, 2.45) is 5.92 Å². The van der Waals surface area contributed by atoms with Gasteiger partial charge in [0.25, 0.3) is 0 Å². The fourth-order valence-corrected chi connectivity index (χ4v) is 5.45. The summed E-state index contributed by atoms with van der Waals surface area (Å²) in [5, 5.41) is 6.66. The van der Waals surface area contributed by atoms with Crippen LogP contribution in [0.15, 0.2) is 54.9 Å². The summed E-state index contributed by atoms with van der Waals surface area (Å²) in [7, 11) is 0. The van der Waals surface area contributed by atoms with Gasteiger partial charge in [0.1, 0.15) is 0 Å². The molecule has 9 nitrogen and oxygen atoms in total. The Bertz CT molecular complexity index is 1470. The number of piperazine rings is 1. The Morgan fingerprint density at radius 2 is 1.76 bits per heavy atom. The molecule has 1 saturated heterocycles. The highest BCUT2D eigenvalue weighted by Gasteiger charge is 2.25. The molecule has 2 N–H and O–H groups in total.